The molecule has 0 spiro atoms. The van der Waals surface area contributed by atoms with Gasteiger partial charge in [-0.1, -0.05) is 26.0 Å². The molecule has 110 valence electrons. The van der Waals surface area contributed by atoms with E-state index in [2.05, 4.69) is 27.2 Å². The number of hydrogen-bond donors (Lipinski definition) is 1. The van der Waals surface area contributed by atoms with Crippen molar-refractivity contribution < 1.29 is 4.79 Å². The van der Waals surface area contributed by atoms with Gasteiger partial charge >= 0.3 is 0 Å². The summed E-state index contributed by atoms with van der Waals surface area (Å²) >= 11 is 0. The summed E-state index contributed by atoms with van der Waals surface area (Å²) in [6, 6.07) is 8.16. The van der Waals surface area contributed by atoms with Gasteiger partial charge in [0.25, 0.3) is 0 Å². The largest absolute Gasteiger partial charge is 0.378 e. The van der Waals surface area contributed by atoms with E-state index in [1.807, 2.05) is 40.1 Å². The molecule has 1 N–H and O–H groups in total. The SMILES string of the molecule is CN(C)c1ccc(-c2n[nH]c3c2C(=O)C(C)(C)CC3)cc1. The second-order valence-corrected chi connectivity index (χ2v) is 6.58. The minimum atomic E-state index is -0.296. The van der Waals surface area contributed by atoms with E-state index in [1.165, 1.54) is 0 Å². The van der Waals surface area contributed by atoms with Crippen molar-refractivity contribution in [2.45, 2.75) is 26.7 Å². The van der Waals surface area contributed by atoms with Crippen molar-refractivity contribution >= 4 is 11.5 Å². The number of H-pyrrole nitrogens is 1. The van der Waals surface area contributed by atoms with E-state index in [4.69, 9.17) is 0 Å². The number of carbonyl (C=O) groups excluding carboxylic acids is 1. The number of Topliss-reactive ketones (excluding diaryl/α,β-unsaturated/α-hetero) is 1. The number of aromatic amines is 1. The van der Waals surface area contributed by atoms with Crippen molar-refractivity contribution in [2.75, 3.05) is 19.0 Å². The minimum Gasteiger partial charge on any atom is -0.378 e. The van der Waals surface area contributed by atoms with Crippen molar-refractivity contribution in [3.8, 4) is 11.3 Å². The highest BCUT2D eigenvalue weighted by Gasteiger charge is 2.37. The molecule has 0 unspecified atom stereocenters. The van der Waals surface area contributed by atoms with Gasteiger partial charge in [0.05, 0.1) is 5.56 Å². The van der Waals surface area contributed by atoms with E-state index >= 15 is 0 Å². The average molecular weight is 283 g/mol. The number of aromatic nitrogens is 2. The lowest BCUT2D eigenvalue weighted by atomic mass is 9.74. The fourth-order valence-corrected chi connectivity index (χ4v) is 2.82. The third-order valence-electron chi connectivity index (χ3n) is 4.34. The molecule has 0 radical (unpaired) electrons. The number of hydrogen-bond acceptors (Lipinski definition) is 3. The van der Waals surface area contributed by atoms with Gasteiger partial charge in [0.1, 0.15) is 5.69 Å². The smallest absolute Gasteiger partial charge is 0.172 e. The quantitative estimate of drug-likeness (QED) is 0.920. The van der Waals surface area contributed by atoms with Crippen LogP contribution in [-0.4, -0.2) is 30.1 Å². The van der Waals surface area contributed by atoms with Gasteiger partial charge in [0, 0.05) is 36.5 Å². The van der Waals surface area contributed by atoms with E-state index in [1.54, 1.807) is 0 Å². The van der Waals surface area contributed by atoms with Gasteiger partial charge in [-0.05, 0) is 25.0 Å². The molecule has 1 aliphatic carbocycles. The van der Waals surface area contributed by atoms with Gasteiger partial charge in [0.2, 0.25) is 0 Å². The number of aryl methyl sites for hydroxylation is 1. The van der Waals surface area contributed by atoms with Crippen molar-refractivity contribution in [1.29, 1.82) is 0 Å². The molecule has 1 aromatic carbocycles. The molecule has 21 heavy (non-hydrogen) atoms. The topological polar surface area (TPSA) is 49.0 Å². The van der Waals surface area contributed by atoms with Crippen LogP contribution in [-0.2, 0) is 6.42 Å². The molecule has 1 aliphatic rings. The fourth-order valence-electron chi connectivity index (χ4n) is 2.82. The van der Waals surface area contributed by atoms with Gasteiger partial charge in [-0.15, -0.1) is 0 Å². The first-order chi connectivity index (χ1) is 9.90. The predicted molar refractivity (Wildman–Crippen MR) is 84.8 cm³/mol. The zero-order valence-electron chi connectivity index (χ0n) is 13.0. The fraction of sp³-hybridized carbons (Fsp3) is 0.412. The van der Waals surface area contributed by atoms with Crippen LogP contribution in [0.4, 0.5) is 5.69 Å². The monoisotopic (exact) mass is 283 g/mol. The number of nitrogens with zero attached hydrogens (tertiary/aromatic N) is 2. The van der Waals surface area contributed by atoms with E-state index < -0.39 is 0 Å². The highest BCUT2D eigenvalue weighted by molar-refractivity contribution is 6.06. The summed E-state index contributed by atoms with van der Waals surface area (Å²) in [5, 5.41) is 7.45. The summed E-state index contributed by atoms with van der Waals surface area (Å²) in [5.74, 6) is 0.198. The highest BCUT2D eigenvalue weighted by Crippen LogP contribution is 2.38. The standard InChI is InChI=1S/C17H21N3O/c1-17(2)10-9-13-14(16(17)21)15(19-18-13)11-5-7-12(8-6-11)20(3)4/h5-8H,9-10H2,1-4H3,(H,18,19). The van der Waals surface area contributed by atoms with Gasteiger partial charge in [0.15, 0.2) is 5.78 Å². The van der Waals surface area contributed by atoms with Crippen molar-refractivity contribution in [1.82, 2.24) is 10.2 Å². The molecule has 0 fully saturated rings. The Kier molecular flexibility index (Phi) is 3.12. The summed E-state index contributed by atoms with van der Waals surface area (Å²) in [6.07, 6.45) is 1.76. The molecule has 0 saturated heterocycles. The third-order valence-corrected chi connectivity index (χ3v) is 4.34. The van der Waals surface area contributed by atoms with Crippen LogP contribution in [0, 0.1) is 5.41 Å². The first kappa shape index (κ1) is 13.9. The van der Waals surface area contributed by atoms with E-state index in [0.29, 0.717) is 0 Å². The average Bonchev–Trinajstić information content (AvgIpc) is 2.87. The van der Waals surface area contributed by atoms with Gasteiger partial charge in [-0.25, -0.2) is 0 Å². The van der Waals surface area contributed by atoms with E-state index in [-0.39, 0.29) is 11.2 Å². The number of fused-ring (bicyclic) bond motifs is 1. The minimum absolute atomic E-state index is 0.198. The number of nitrogens with one attached hydrogen (secondary N) is 1. The summed E-state index contributed by atoms with van der Waals surface area (Å²) in [7, 11) is 4.02. The lowest BCUT2D eigenvalue weighted by Crippen LogP contribution is -2.30. The number of carbonyl (C=O) groups is 1. The molecule has 4 heteroatoms. The first-order valence-electron chi connectivity index (χ1n) is 7.30. The Morgan fingerprint density at radius 3 is 2.48 bits per heavy atom. The Labute approximate surface area is 125 Å². The van der Waals surface area contributed by atoms with Crippen LogP contribution in [0.1, 0.15) is 36.3 Å². The molecule has 0 bridgehead atoms. The van der Waals surface area contributed by atoms with Crippen LogP contribution in [0.25, 0.3) is 11.3 Å². The molecule has 0 aliphatic heterocycles. The second kappa shape index (κ2) is 4.72. The summed E-state index contributed by atoms with van der Waals surface area (Å²) in [5.41, 5.74) is 4.37. The Balaban J connectivity index is 2.05. The maximum atomic E-state index is 12.7. The molecule has 2 aromatic rings. The number of benzene rings is 1. The molecular formula is C17H21N3O. The zero-order valence-corrected chi connectivity index (χ0v) is 13.0. The van der Waals surface area contributed by atoms with Crippen LogP contribution >= 0.6 is 0 Å². The number of rotatable bonds is 2. The molecule has 0 saturated carbocycles. The van der Waals surface area contributed by atoms with Crippen LogP contribution in [0.5, 0.6) is 0 Å². The van der Waals surface area contributed by atoms with Crippen LogP contribution in [0.15, 0.2) is 24.3 Å². The summed E-state index contributed by atoms with van der Waals surface area (Å²) in [4.78, 5) is 14.8. The highest BCUT2D eigenvalue weighted by atomic mass is 16.1. The van der Waals surface area contributed by atoms with Gasteiger partial charge in [-0.2, -0.15) is 5.10 Å². The lowest BCUT2D eigenvalue weighted by Gasteiger charge is -2.27. The summed E-state index contributed by atoms with van der Waals surface area (Å²) < 4.78 is 0. The maximum absolute atomic E-state index is 12.7. The third kappa shape index (κ3) is 2.24. The van der Waals surface area contributed by atoms with Crippen molar-refractivity contribution in [3.63, 3.8) is 0 Å². The number of anilines is 1. The maximum Gasteiger partial charge on any atom is 0.172 e. The number of ketones is 1. The lowest BCUT2D eigenvalue weighted by molar-refractivity contribution is 0.0811. The van der Waals surface area contributed by atoms with Crippen molar-refractivity contribution in [3.05, 3.63) is 35.5 Å². The normalized spacial score (nSPS) is 16.7. The van der Waals surface area contributed by atoms with Crippen LogP contribution in [0.2, 0.25) is 0 Å². The van der Waals surface area contributed by atoms with Gasteiger partial charge in [-0.3, -0.25) is 9.89 Å². The zero-order chi connectivity index (χ0) is 15.2. The van der Waals surface area contributed by atoms with Crippen LogP contribution < -0.4 is 4.90 Å². The summed E-state index contributed by atoms with van der Waals surface area (Å²) in [6.45, 7) is 4.04. The van der Waals surface area contributed by atoms with Gasteiger partial charge < -0.3 is 4.90 Å². The molecule has 0 atom stereocenters. The van der Waals surface area contributed by atoms with Crippen LogP contribution in [0.3, 0.4) is 0 Å². The molecule has 4 nitrogen and oxygen atoms in total. The molecular weight excluding hydrogens is 262 g/mol. The van der Waals surface area contributed by atoms with E-state index in [0.717, 1.165) is 41.0 Å². The van der Waals surface area contributed by atoms with Crippen molar-refractivity contribution in [2.24, 2.45) is 5.41 Å². The Bertz CT molecular complexity index is 681. The Hall–Kier alpha value is -2.10. The molecule has 0 amide bonds. The molecule has 1 heterocycles. The molecule has 1 aromatic heterocycles. The first-order valence-corrected chi connectivity index (χ1v) is 7.30. The predicted octanol–water partition coefficient (Wildman–Crippen LogP) is 3.30. The van der Waals surface area contributed by atoms with E-state index in [9.17, 15) is 4.79 Å². The second-order valence-electron chi connectivity index (χ2n) is 6.58. The Morgan fingerprint density at radius 2 is 1.86 bits per heavy atom. The molecule has 3 rings (SSSR count). The Morgan fingerprint density at radius 1 is 1.19 bits per heavy atom.